The number of rotatable bonds is 3. The van der Waals surface area contributed by atoms with Gasteiger partial charge in [-0.2, -0.15) is 5.10 Å². The number of benzene rings is 2. The van der Waals surface area contributed by atoms with Crippen LogP contribution in [0.1, 0.15) is 32.6 Å². The molecule has 0 radical (unpaired) electrons. The van der Waals surface area contributed by atoms with Crippen molar-refractivity contribution in [2.24, 2.45) is 5.10 Å². The van der Waals surface area contributed by atoms with Crippen molar-refractivity contribution in [3.05, 3.63) is 64.2 Å². The van der Waals surface area contributed by atoms with E-state index in [1.165, 1.54) is 11.6 Å². The first-order valence-corrected chi connectivity index (χ1v) is 6.68. The predicted octanol–water partition coefficient (Wildman–Crippen LogP) is 3.08. The third-order valence-corrected chi connectivity index (χ3v) is 3.25. The summed E-state index contributed by atoms with van der Waals surface area (Å²) in [5.74, 6) is -0.500. The summed E-state index contributed by atoms with van der Waals surface area (Å²) in [6.45, 7) is 6.05. The number of aryl methyl sites for hydroxylation is 3. The molecule has 0 spiro atoms. The summed E-state index contributed by atoms with van der Waals surface area (Å²) in [4.78, 5) is 11.9. The minimum absolute atomic E-state index is 0.0621. The predicted molar refractivity (Wildman–Crippen MR) is 83.8 cm³/mol. The Bertz CT molecular complexity index is 683. The fourth-order valence-electron chi connectivity index (χ4n) is 2.28. The smallest absolute Gasteiger partial charge is 0.275 e. The summed E-state index contributed by atoms with van der Waals surface area (Å²) in [7, 11) is 0. The zero-order valence-electron chi connectivity index (χ0n) is 12.3. The Labute approximate surface area is 124 Å². The van der Waals surface area contributed by atoms with Crippen LogP contribution in [0.15, 0.2) is 41.5 Å². The topological polar surface area (TPSA) is 61.7 Å². The highest BCUT2D eigenvalue weighted by Crippen LogP contribution is 2.16. The largest absolute Gasteiger partial charge is 0.507 e. The number of carbonyl (C=O) groups is 1. The van der Waals surface area contributed by atoms with Crippen molar-refractivity contribution in [2.45, 2.75) is 20.8 Å². The number of carbonyl (C=O) groups excluding carboxylic acids is 1. The summed E-state index contributed by atoms with van der Waals surface area (Å²) in [6.07, 6.45) is 1.63. The molecule has 0 saturated heterocycles. The quantitative estimate of drug-likeness (QED) is 0.671. The lowest BCUT2D eigenvalue weighted by molar-refractivity contribution is 0.0952. The number of phenolic OH excluding ortho intramolecular Hbond substituents is 1. The normalized spacial score (nSPS) is 10.8. The molecule has 4 heteroatoms. The molecule has 4 nitrogen and oxygen atoms in total. The summed E-state index contributed by atoms with van der Waals surface area (Å²) in [5.41, 5.74) is 7.02. The molecule has 0 fully saturated rings. The van der Waals surface area contributed by atoms with Crippen molar-refractivity contribution in [3.63, 3.8) is 0 Å². The van der Waals surface area contributed by atoms with Crippen LogP contribution in [0.5, 0.6) is 5.75 Å². The van der Waals surface area contributed by atoms with E-state index >= 15 is 0 Å². The first-order chi connectivity index (χ1) is 9.99. The van der Waals surface area contributed by atoms with Crippen LogP contribution >= 0.6 is 0 Å². The molecule has 108 valence electrons. The Balaban J connectivity index is 2.13. The molecule has 2 aromatic carbocycles. The zero-order valence-corrected chi connectivity index (χ0v) is 12.3. The highest BCUT2D eigenvalue weighted by molar-refractivity contribution is 5.97. The average Bonchev–Trinajstić information content (AvgIpc) is 2.42. The Hall–Kier alpha value is -2.62. The van der Waals surface area contributed by atoms with Gasteiger partial charge in [0.05, 0.1) is 11.8 Å². The van der Waals surface area contributed by atoms with Gasteiger partial charge in [0.15, 0.2) is 0 Å². The number of phenols is 1. The molecule has 2 aromatic rings. The second-order valence-corrected chi connectivity index (χ2v) is 5.03. The number of aromatic hydroxyl groups is 1. The second kappa shape index (κ2) is 6.22. The average molecular weight is 282 g/mol. The van der Waals surface area contributed by atoms with Crippen LogP contribution in [0.25, 0.3) is 0 Å². The number of para-hydroxylation sites is 1. The third kappa shape index (κ3) is 3.48. The van der Waals surface area contributed by atoms with Crippen molar-refractivity contribution in [1.82, 2.24) is 5.43 Å². The van der Waals surface area contributed by atoms with E-state index in [1.807, 2.05) is 20.8 Å². The molecule has 0 heterocycles. The monoisotopic (exact) mass is 282 g/mol. The van der Waals surface area contributed by atoms with Gasteiger partial charge in [0, 0.05) is 5.56 Å². The first-order valence-electron chi connectivity index (χ1n) is 6.68. The van der Waals surface area contributed by atoms with Gasteiger partial charge in [0.1, 0.15) is 5.75 Å². The molecular weight excluding hydrogens is 264 g/mol. The Morgan fingerprint density at radius 2 is 1.76 bits per heavy atom. The van der Waals surface area contributed by atoms with Gasteiger partial charge in [-0.1, -0.05) is 29.8 Å². The zero-order chi connectivity index (χ0) is 15.4. The summed E-state index contributed by atoms with van der Waals surface area (Å²) in [5, 5.41) is 13.6. The van der Waals surface area contributed by atoms with Crippen molar-refractivity contribution < 1.29 is 9.90 Å². The minimum atomic E-state index is -0.438. The van der Waals surface area contributed by atoms with Crippen LogP contribution in [0.3, 0.4) is 0 Å². The molecule has 0 unspecified atom stereocenters. The molecule has 21 heavy (non-hydrogen) atoms. The van der Waals surface area contributed by atoms with Gasteiger partial charge in [0.25, 0.3) is 5.91 Å². The van der Waals surface area contributed by atoms with E-state index in [-0.39, 0.29) is 11.3 Å². The number of nitrogens with zero attached hydrogens (tertiary/aromatic N) is 1. The van der Waals surface area contributed by atoms with Gasteiger partial charge in [-0.3, -0.25) is 4.79 Å². The summed E-state index contributed by atoms with van der Waals surface area (Å²) < 4.78 is 0. The van der Waals surface area contributed by atoms with Crippen LogP contribution in [-0.2, 0) is 0 Å². The molecule has 1 amide bonds. The standard InChI is InChI=1S/C17H18N2O2/c1-11-8-12(2)15(13(3)9-11)10-18-19-17(21)14-6-4-5-7-16(14)20/h4-10,20H,1-3H3,(H,19,21). The van der Waals surface area contributed by atoms with E-state index in [1.54, 1.807) is 24.4 Å². The Kier molecular flexibility index (Phi) is 4.38. The second-order valence-electron chi connectivity index (χ2n) is 5.03. The van der Waals surface area contributed by atoms with Gasteiger partial charge in [-0.15, -0.1) is 0 Å². The van der Waals surface area contributed by atoms with Crippen LogP contribution in [0.4, 0.5) is 0 Å². The molecule has 0 aliphatic carbocycles. The van der Waals surface area contributed by atoms with E-state index in [2.05, 4.69) is 22.7 Å². The Morgan fingerprint density at radius 3 is 2.38 bits per heavy atom. The number of hydrogen-bond acceptors (Lipinski definition) is 3. The van der Waals surface area contributed by atoms with Gasteiger partial charge in [0.2, 0.25) is 0 Å². The fraction of sp³-hybridized carbons (Fsp3) is 0.176. The molecule has 0 aliphatic rings. The van der Waals surface area contributed by atoms with Crippen molar-refractivity contribution in [1.29, 1.82) is 0 Å². The number of nitrogens with one attached hydrogen (secondary N) is 1. The first kappa shape index (κ1) is 14.8. The molecule has 0 aliphatic heterocycles. The maximum Gasteiger partial charge on any atom is 0.275 e. The highest BCUT2D eigenvalue weighted by atomic mass is 16.3. The maximum absolute atomic E-state index is 11.9. The van der Waals surface area contributed by atoms with Crippen LogP contribution in [0.2, 0.25) is 0 Å². The Morgan fingerprint density at radius 1 is 1.14 bits per heavy atom. The molecule has 0 aromatic heterocycles. The van der Waals surface area contributed by atoms with Gasteiger partial charge in [-0.05, 0) is 44.0 Å². The molecule has 0 saturated carbocycles. The summed E-state index contributed by atoms with van der Waals surface area (Å²) >= 11 is 0. The lowest BCUT2D eigenvalue weighted by Crippen LogP contribution is -2.17. The van der Waals surface area contributed by atoms with E-state index in [9.17, 15) is 9.90 Å². The van der Waals surface area contributed by atoms with Gasteiger partial charge >= 0.3 is 0 Å². The highest BCUT2D eigenvalue weighted by Gasteiger charge is 2.08. The van der Waals surface area contributed by atoms with E-state index < -0.39 is 5.91 Å². The lowest BCUT2D eigenvalue weighted by Gasteiger charge is -2.07. The SMILES string of the molecule is Cc1cc(C)c(C=NNC(=O)c2ccccc2O)c(C)c1. The molecule has 2 N–H and O–H groups in total. The van der Waals surface area contributed by atoms with Crippen molar-refractivity contribution >= 4 is 12.1 Å². The fourth-order valence-corrected chi connectivity index (χ4v) is 2.28. The summed E-state index contributed by atoms with van der Waals surface area (Å²) in [6, 6.07) is 10.5. The maximum atomic E-state index is 11.9. The minimum Gasteiger partial charge on any atom is -0.507 e. The van der Waals surface area contributed by atoms with Crippen molar-refractivity contribution in [3.8, 4) is 5.75 Å². The van der Waals surface area contributed by atoms with Crippen LogP contribution in [-0.4, -0.2) is 17.2 Å². The number of amides is 1. The molecule has 2 rings (SSSR count). The molecule has 0 atom stereocenters. The lowest BCUT2D eigenvalue weighted by atomic mass is 10.0. The van der Waals surface area contributed by atoms with Crippen LogP contribution in [0, 0.1) is 20.8 Å². The third-order valence-electron chi connectivity index (χ3n) is 3.25. The molecular formula is C17H18N2O2. The molecule has 0 bridgehead atoms. The van der Waals surface area contributed by atoms with E-state index in [0.717, 1.165) is 16.7 Å². The number of hydrazone groups is 1. The number of hydrogen-bond donors (Lipinski definition) is 2. The van der Waals surface area contributed by atoms with Crippen molar-refractivity contribution in [2.75, 3.05) is 0 Å². The van der Waals surface area contributed by atoms with Gasteiger partial charge < -0.3 is 5.11 Å². The van der Waals surface area contributed by atoms with E-state index in [4.69, 9.17) is 0 Å². The van der Waals surface area contributed by atoms with E-state index in [0.29, 0.717) is 0 Å². The van der Waals surface area contributed by atoms with Crippen LogP contribution < -0.4 is 5.43 Å². The van der Waals surface area contributed by atoms with Gasteiger partial charge in [-0.25, -0.2) is 5.43 Å².